The molecule has 0 bridgehead atoms. The molecule has 2 aliphatic rings. The number of allylic oxidation sites excluding steroid dienone is 4. The fourth-order valence-electron chi connectivity index (χ4n) is 3.44. The molecule has 0 aliphatic heterocycles. The minimum absolute atomic E-state index is 0.210. The molecule has 0 amide bonds. The summed E-state index contributed by atoms with van der Waals surface area (Å²) in [6.07, 6.45) is 4.72. The Balaban J connectivity index is 2.14. The number of ketones is 1. The maximum Gasteiger partial charge on any atom is 0.185 e. The van der Waals surface area contributed by atoms with Crippen LogP contribution in [0.3, 0.4) is 0 Å². The second-order valence-electron chi connectivity index (χ2n) is 5.71. The number of Topliss-reactive ketones (excluding diaryl/α,β-unsaturated/α-hetero) is 1. The standard InChI is InChI=1S/C18H20O/c1-12-13(2)18(19)17(15-10-6-7-11-15)16(12)14-8-4-3-5-9-14/h3-5,8-9,16H,6-7,10-11H2,1-2H3. The highest BCUT2D eigenvalue weighted by Crippen LogP contribution is 2.45. The van der Waals surface area contributed by atoms with E-state index in [1.54, 1.807) is 0 Å². The van der Waals surface area contributed by atoms with E-state index >= 15 is 0 Å². The monoisotopic (exact) mass is 252 g/mol. The fraction of sp³-hybridized carbons (Fsp3) is 0.389. The third-order valence-electron chi connectivity index (χ3n) is 4.62. The fourth-order valence-corrected chi connectivity index (χ4v) is 3.44. The van der Waals surface area contributed by atoms with Crippen LogP contribution in [0.15, 0.2) is 52.6 Å². The minimum atomic E-state index is 0.210. The third kappa shape index (κ3) is 1.98. The Morgan fingerprint density at radius 2 is 1.63 bits per heavy atom. The van der Waals surface area contributed by atoms with Crippen LogP contribution in [-0.2, 0) is 4.79 Å². The van der Waals surface area contributed by atoms with Crippen LogP contribution >= 0.6 is 0 Å². The number of carbonyl (C=O) groups excluding carboxylic acids is 1. The van der Waals surface area contributed by atoms with Crippen molar-refractivity contribution in [3.05, 3.63) is 58.2 Å². The van der Waals surface area contributed by atoms with Crippen LogP contribution < -0.4 is 0 Å². The van der Waals surface area contributed by atoms with E-state index in [1.807, 2.05) is 13.0 Å². The van der Waals surface area contributed by atoms with Crippen LogP contribution in [0.5, 0.6) is 0 Å². The van der Waals surface area contributed by atoms with Crippen molar-refractivity contribution in [1.29, 1.82) is 0 Å². The van der Waals surface area contributed by atoms with E-state index in [0.29, 0.717) is 5.78 Å². The van der Waals surface area contributed by atoms with Gasteiger partial charge in [-0.3, -0.25) is 4.79 Å². The van der Waals surface area contributed by atoms with Gasteiger partial charge in [0.05, 0.1) is 0 Å². The summed E-state index contributed by atoms with van der Waals surface area (Å²) in [6, 6.07) is 10.5. The first-order valence-corrected chi connectivity index (χ1v) is 7.19. The van der Waals surface area contributed by atoms with Gasteiger partial charge < -0.3 is 0 Å². The van der Waals surface area contributed by atoms with Gasteiger partial charge in [-0.1, -0.05) is 41.5 Å². The topological polar surface area (TPSA) is 17.1 Å². The van der Waals surface area contributed by atoms with Gasteiger partial charge in [0.25, 0.3) is 0 Å². The lowest BCUT2D eigenvalue weighted by molar-refractivity contribution is -0.112. The molecule has 1 saturated carbocycles. The zero-order valence-electron chi connectivity index (χ0n) is 11.7. The molecular formula is C18H20O. The maximum absolute atomic E-state index is 12.6. The van der Waals surface area contributed by atoms with E-state index < -0.39 is 0 Å². The van der Waals surface area contributed by atoms with Crippen molar-refractivity contribution in [3.63, 3.8) is 0 Å². The van der Waals surface area contributed by atoms with Gasteiger partial charge in [-0.15, -0.1) is 0 Å². The number of rotatable bonds is 1. The summed E-state index contributed by atoms with van der Waals surface area (Å²) in [5, 5.41) is 0. The Morgan fingerprint density at radius 1 is 1.00 bits per heavy atom. The first-order valence-electron chi connectivity index (χ1n) is 7.19. The highest BCUT2D eigenvalue weighted by atomic mass is 16.1. The average Bonchev–Trinajstić information content (AvgIpc) is 3.03. The summed E-state index contributed by atoms with van der Waals surface area (Å²) in [5.41, 5.74) is 5.97. The zero-order chi connectivity index (χ0) is 13.4. The van der Waals surface area contributed by atoms with E-state index in [2.05, 4.69) is 31.2 Å². The molecule has 1 nitrogen and oxygen atoms in total. The minimum Gasteiger partial charge on any atom is -0.289 e. The van der Waals surface area contributed by atoms with Crippen LogP contribution in [0.25, 0.3) is 0 Å². The van der Waals surface area contributed by atoms with Crippen LogP contribution in [-0.4, -0.2) is 5.78 Å². The van der Waals surface area contributed by atoms with Crippen molar-refractivity contribution in [2.75, 3.05) is 0 Å². The summed E-state index contributed by atoms with van der Waals surface area (Å²) >= 11 is 0. The molecular weight excluding hydrogens is 232 g/mol. The molecule has 0 aromatic heterocycles. The van der Waals surface area contributed by atoms with E-state index in [4.69, 9.17) is 0 Å². The predicted octanol–water partition coefficient (Wildman–Crippen LogP) is 4.56. The molecule has 2 aliphatic carbocycles. The molecule has 0 heterocycles. The Morgan fingerprint density at radius 3 is 2.26 bits per heavy atom. The van der Waals surface area contributed by atoms with Gasteiger partial charge in [0.15, 0.2) is 5.78 Å². The highest BCUT2D eigenvalue weighted by Gasteiger charge is 2.36. The van der Waals surface area contributed by atoms with Gasteiger partial charge in [-0.2, -0.15) is 0 Å². The van der Waals surface area contributed by atoms with Crippen molar-refractivity contribution in [3.8, 4) is 0 Å². The Bertz CT molecular complexity index is 567. The number of hydrogen-bond donors (Lipinski definition) is 0. The number of hydrogen-bond acceptors (Lipinski definition) is 1. The lowest BCUT2D eigenvalue weighted by Crippen LogP contribution is -2.07. The summed E-state index contributed by atoms with van der Waals surface area (Å²) in [5.74, 6) is 0.505. The molecule has 1 heteroatoms. The molecule has 19 heavy (non-hydrogen) atoms. The summed E-state index contributed by atoms with van der Waals surface area (Å²) in [6.45, 7) is 4.10. The Labute approximate surface area is 115 Å². The lowest BCUT2D eigenvalue weighted by Gasteiger charge is -2.16. The Hall–Kier alpha value is -1.63. The number of benzene rings is 1. The molecule has 1 aromatic rings. The van der Waals surface area contributed by atoms with Crippen LogP contribution in [0.4, 0.5) is 0 Å². The van der Waals surface area contributed by atoms with Gasteiger partial charge in [-0.05, 0) is 50.7 Å². The third-order valence-corrected chi connectivity index (χ3v) is 4.62. The van der Waals surface area contributed by atoms with Crippen molar-refractivity contribution < 1.29 is 4.79 Å². The molecule has 0 radical (unpaired) electrons. The van der Waals surface area contributed by atoms with E-state index in [1.165, 1.54) is 29.6 Å². The molecule has 3 rings (SSSR count). The molecule has 0 spiro atoms. The first-order chi connectivity index (χ1) is 9.20. The van der Waals surface area contributed by atoms with Gasteiger partial charge in [-0.25, -0.2) is 0 Å². The molecule has 98 valence electrons. The zero-order valence-corrected chi connectivity index (χ0v) is 11.7. The molecule has 0 saturated heterocycles. The largest absolute Gasteiger partial charge is 0.289 e. The molecule has 1 atom stereocenters. The normalized spacial score (nSPS) is 23.7. The van der Waals surface area contributed by atoms with E-state index in [0.717, 1.165) is 24.0 Å². The van der Waals surface area contributed by atoms with E-state index in [-0.39, 0.29) is 5.92 Å². The van der Waals surface area contributed by atoms with Crippen LogP contribution in [0.2, 0.25) is 0 Å². The summed E-state index contributed by atoms with van der Waals surface area (Å²) < 4.78 is 0. The van der Waals surface area contributed by atoms with E-state index in [9.17, 15) is 4.79 Å². The van der Waals surface area contributed by atoms with Gasteiger partial charge in [0, 0.05) is 11.5 Å². The highest BCUT2D eigenvalue weighted by molar-refractivity contribution is 6.13. The van der Waals surface area contributed by atoms with Gasteiger partial charge in [0.1, 0.15) is 0 Å². The quantitative estimate of drug-likeness (QED) is 0.670. The molecule has 0 N–H and O–H groups in total. The number of carbonyl (C=O) groups is 1. The van der Waals surface area contributed by atoms with Crippen molar-refractivity contribution in [1.82, 2.24) is 0 Å². The van der Waals surface area contributed by atoms with Gasteiger partial charge >= 0.3 is 0 Å². The molecule has 1 aromatic carbocycles. The van der Waals surface area contributed by atoms with Crippen molar-refractivity contribution in [2.24, 2.45) is 0 Å². The van der Waals surface area contributed by atoms with Crippen molar-refractivity contribution in [2.45, 2.75) is 45.4 Å². The van der Waals surface area contributed by atoms with Crippen LogP contribution in [0, 0.1) is 0 Å². The lowest BCUT2D eigenvalue weighted by atomic mass is 9.86. The average molecular weight is 252 g/mol. The second-order valence-corrected chi connectivity index (χ2v) is 5.71. The summed E-state index contributed by atoms with van der Waals surface area (Å²) in [4.78, 5) is 12.6. The predicted molar refractivity (Wildman–Crippen MR) is 78.1 cm³/mol. The smallest absolute Gasteiger partial charge is 0.185 e. The summed E-state index contributed by atoms with van der Waals surface area (Å²) in [7, 11) is 0. The van der Waals surface area contributed by atoms with Crippen molar-refractivity contribution >= 4 is 5.78 Å². The second kappa shape index (κ2) is 4.80. The molecule has 1 unspecified atom stereocenters. The van der Waals surface area contributed by atoms with Crippen LogP contribution in [0.1, 0.15) is 51.0 Å². The first kappa shape index (κ1) is 12.4. The molecule has 1 fully saturated rings. The Kier molecular flexibility index (Phi) is 3.14. The van der Waals surface area contributed by atoms with Gasteiger partial charge in [0.2, 0.25) is 0 Å². The SMILES string of the molecule is CC1=C(C)C(c2ccccc2)C(=C2CCCC2)C1=O. The maximum atomic E-state index is 12.6.